The molecule has 6 unspecified atom stereocenters. The van der Waals surface area contributed by atoms with Crippen molar-refractivity contribution in [2.75, 3.05) is 4.90 Å². The number of anilines is 1. The fourth-order valence-corrected chi connectivity index (χ4v) is 11.5. The highest BCUT2D eigenvalue weighted by atomic mass is 35.5. The highest BCUT2D eigenvalue weighted by Crippen LogP contribution is 2.64. The normalized spacial score (nSPS) is 29.5. The van der Waals surface area contributed by atoms with Gasteiger partial charge >= 0.3 is 0 Å². The molecule has 0 bridgehead atoms. The van der Waals surface area contributed by atoms with Crippen LogP contribution in [0.5, 0.6) is 5.75 Å². The number of amides is 4. The summed E-state index contributed by atoms with van der Waals surface area (Å²) in [5, 5.41) is 16.7. The molecule has 4 heterocycles. The van der Waals surface area contributed by atoms with E-state index in [9.17, 15) is 24.3 Å². The number of carbonyl (C=O) groups is 4. The first-order chi connectivity index (χ1) is 24.5. The minimum atomic E-state index is -1.17. The summed E-state index contributed by atoms with van der Waals surface area (Å²) in [6, 6.07) is 14.4. The average molecular weight is 723 g/mol. The van der Waals surface area contributed by atoms with Crippen LogP contribution in [0.4, 0.5) is 5.82 Å². The van der Waals surface area contributed by atoms with Gasteiger partial charge in [0, 0.05) is 34.8 Å². The number of phenolic OH excluding ortho intramolecular Hbond substituents is 1. The highest BCUT2D eigenvalue weighted by Gasteiger charge is 2.68. The molecule has 4 amide bonds. The third kappa shape index (κ3) is 4.61. The minimum Gasteiger partial charge on any atom is -0.508 e. The van der Waals surface area contributed by atoms with Gasteiger partial charge in [-0.05, 0) is 92.3 Å². The van der Waals surface area contributed by atoms with Gasteiger partial charge in [-0.1, -0.05) is 54.6 Å². The Balaban J connectivity index is 1.13. The van der Waals surface area contributed by atoms with E-state index in [-0.39, 0.29) is 41.3 Å². The number of hydrogen-bond donors (Lipinski definition) is 1. The molecule has 2 aromatic carbocycles. The van der Waals surface area contributed by atoms with Gasteiger partial charge in [0.15, 0.2) is 0 Å². The SMILES string of the molecule is Cc1c(-c2cc(N3C(=O)C4CC5C(=CCC6C(=O)N(C7CCCCC7)C(=O)C65)C(c5ccc(O)cc5)C4(C)C3=O)n(C)n2)sc2ccc(Cl)cc12. The quantitative estimate of drug-likeness (QED) is 0.172. The number of thiophene rings is 1. The topological polar surface area (TPSA) is 113 Å². The van der Waals surface area contributed by atoms with Crippen molar-refractivity contribution in [3.63, 3.8) is 0 Å². The summed E-state index contributed by atoms with van der Waals surface area (Å²) in [4.78, 5) is 61.9. The van der Waals surface area contributed by atoms with E-state index >= 15 is 0 Å². The third-order valence-electron chi connectivity index (χ3n) is 12.7. The molecule has 9 rings (SSSR count). The molecule has 2 aliphatic heterocycles. The van der Waals surface area contributed by atoms with Gasteiger partial charge in [0.2, 0.25) is 23.6 Å². The van der Waals surface area contributed by atoms with Crippen molar-refractivity contribution in [2.24, 2.45) is 36.1 Å². The molecule has 0 spiro atoms. The lowest BCUT2D eigenvalue weighted by Crippen LogP contribution is -2.49. The number of carbonyl (C=O) groups excluding carboxylic acids is 4. The first kappa shape index (κ1) is 32.6. The van der Waals surface area contributed by atoms with Gasteiger partial charge in [-0.25, -0.2) is 4.90 Å². The van der Waals surface area contributed by atoms with E-state index in [1.54, 1.807) is 40.1 Å². The zero-order chi connectivity index (χ0) is 35.5. The molecule has 1 N–H and O–H groups in total. The lowest BCUT2D eigenvalue weighted by molar-refractivity contribution is -0.144. The Kier molecular flexibility index (Phi) is 7.43. The first-order valence-electron chi connectivity index (χ1n) is 18.0. The predicted molar refractivity (Wildman–Crippen MR) is 195 cm³/mol. The number of fused-ring (bicyclic) bond motifs is 5. The van der Waals surface area contributed by atoms with E-state index in [2.05, 4.69) is 6.08 Å². The minimum absolute atomic E-state index is 0.0691. The van der Waals surface area contributed by atoms with E-state index in [0.717, 1.165) is 63.8 Å². The van der Waals surface area contributed by atoms with Crippen LogP contribution in [-0.2, 0) is 26.2 Å². The second-order valence-electron chi connectivity index (χ2n) is 15.3. The molecule has 262 valence electrons. The van der Waals surface area contributed by atoms with Crippen LogP contribution in [-0.4, -0.2) is 49.5 Å². The molecule has 3 aliphatic carbocycles. The second kappa shape index (κ2) is 11.6. The maximum absolute atomic E-state index is 15.0. The number of imide groups is 2. The number of benzene rings is 2. The van der Waals surface area contributed by atoms with Crippen molar-refractivity contribution >= 4 is 62.5 Å². The van der Waals surface area contributed by atoms with Gasteiger partial charge in [0.1, 0.15) is 17.3 Å². The van der Waals surface area contributed by atoms with E-state index < -0.39 is 29.1 Å². The maximum atomic E-state index is 15.0. The Morgan fingerprint density at radius 1 is 0.941 bits per heavy atom. The monoisotopic (exact) mass is 722 g/mol. The Morgan fingerprint density at radius 2 is 1.69 bits per heavy atom. The van der Waals surface area contributed by atoms with Gasteiger partial charge in [0.05, 0.1) is 28.0 Å². The van der Waals surface area contributed by atoms with E-state index in [1.807, 2.05) is 50.2 Å². The van der Waals surface area contributed by atoms with Crippen molar-refractivity contribution in [2.45, 2.75) is 70.8 Å². The molecule has 2 saturated carbocycles. The van der Waals surface area contributed by atoms with Crippen LogP contribution < -0.4 is 4.90 Å². The zero-order valence-corrected chi connectivity index (χ0v) is 30.3. The van der Waals surface area contributed by atoms with Gasteiger partial charge in [-0.3, -0.25) is 28.8 Å². The summed E-state index contributed by atoms with van der Waals surface area (Å²) in [5.41, 5.74) is 2.25. The average Bonchev–Trinajstić information content (AvgIpc) is 3.79. The molecule has 2 aromatic heterocycles. The van der Waals surface area contributed by atoms with Crippen LogP contribution in [0, 0.1) is 36.0 Å². The van der Waals surface area contributed by atoms with E-state index in [4.69, 9.17) is 16.7 Å². The van der Waals surface area contributed by atoms with Crippen molar-refractivity contribution in [1.82, 2.24) is 14.7 Å². The van der Waals surface area contributed by atoms with Crippen LogP contribution in [0.15, 0.2) is 60.2 Å². The Hall–Kier alpha value is -4.28. The first-order valence-corrected chi connectivity index (χ1v) is 19.2. The summed E-state index contributed by atoms with van der Waals surface area (Å²) in [6.07, 6.45) is 7.61. The van der Waals surface area contributed by atoms with Crippen LogP contribution in [0.2, 0.25) is 5.02 Å². The smallest absolute Gasteiger partial charge is 0.242 e. The molecule has 2 saturated heterocycles. The maximum Gasteiger partial charge on any atom is 0.242 e. The van der Waals surface area contributed by atoms with Crippen LogP contribution >= 0.6 is 22.9 Å². The van der Waals surface area contributed by atoms with Crippen molar-refractivity contribution in [3.8, 4) is 16.3 Å². The second-order valence-corrected chi connectivity index (χ2v) is 16.8. The van der Waals surface area contributed by atoms with Gasteiger partial charge in [-0.2, -0.15) is 5.10 Å². The number of aromatic nitrogens is 2. The molecule has 4 aromatic rings. The summed E-state index contributed by atoms with van der Waals surface area (Å²) in [5.74, 6) is -3.00. The van der Waals surface area contributed by atoms with Gasteiger partial charge in [-0.15, -0.1) is 11.3 Å². The van der Waals surface area contributed by atoms with E-state index in [1.165, 1.54) is 4.90 Å². The van der Waals surface area contributed by atoms with Gasteiger partial charge < -0.3 is 5.11 Å². The number of hydrogen-bond acceptors (Lipinski definition) is 7. The summed E-state index contributed by atoms with van der Waals surface area (Å²) in [7, 11) is 1.75. The van der Waals surface area contributed by atoms with Crippen molar-refractivity contribution in [3.05, 3.63) is 76.3 Å². The number of allylic oxidation sites excluding steroid dienone is 2. The summed E-state index contributed by atoms with van der Waals surface area (Å²) in [6.45, 7) is 3.90. The lowest BCUT2D eigenvalue weighted by atomic mass is 9.51. The van der Waals surface area contributed by atoms with Crippen LogP contribution in [0.3, 0.4) is 0 Å². The number of rotatable bonds is 4. The molecular weight excluding hydrogens is 684 g/mol. The van der Waals surface area contributed by atoms with Crippen molar-refractivity contribution < 1.29 is 24.3 Å². The molecule has 4 fully saturated rings. The number of halogens is 1. The Labute approximate surface area is 304 Å². The van der Waals surface area contributed by atoms with Crippen molar-refractivity contribution in [1.29, 1.82) is 0 Å². The fourth-order valence-electron chi connectivity index (χ4n) is 10.2. The zero-order valence-electron chi connectivity index (χ0n) is 28.8. The molecule has 0 radical (unpaired) electrons. The molecule has 9 nitrogen and oxygen atoms in total. The van der Waals surface area contributed by atoms with Crippen LogP contribution in [0.1, 0.15) is 68.9 Å². The molecule has 11 heteroatoms. The molecule has 5 aliphatic rings. The summed E-state index contributed by atoms with van der Waals surface area (Å²) < 4.78 is 2.67. The van der Waals surface area contributed by atoms with Crippen LogP contribution in [0.25, 0.3) is 20.7 Å². The standard InChI is InChI=1S/C40H39ClN4O5S/c1-20-27-17-22(41)11-16-31(27)51-35(20)30-19-32(43(3)42-30)45-37(48)29-18-28-25(34(40(29,2)39(45)50)21-9-12-24(46)13-10-21)14-15-26-33(28)38(49)44(36(26)47)23-7-5-4-6-8-23/h9-14,16-17,19,23,26,28-29,33-34,46H,4-8,15,18H2,1-3H3. The largest absolute Gasteiger partial charge is 0.508 e. The molecule has 6 atom stereocenters. The lowest BCUT2D eigenvalue weighted by Gasteiger charge is -2.49. The number of phenols is 1. The Morgan fingerprint density at radius 3 is 2.43 bits per heavy atom. The predicted octanol–water partition coefficient (Wildman–Crippen LogP) is 7.53. The fraction of sp³-hybridized carbons (Fsp3) is 0.425. The number of aryl methyl sites for hydroxylation is 2. The number of nitrogens with zero attached hydrogens (tertiary/aromatic N) is 4. The molecular formula is C40H39ClN4O5S. The van der Waals surface area contributed by atoms with Gasteiger partial charge in [0.25, 0.3) is 0 Å². The number of likely N-dealkylation sites (tertiary alicyclic amines) is 1. The van der Waals surface area contributed by atoms with E-state index in [0.29, 0.717) is 29.4 Å². The summed E-state index contributed by atoms with van der Waals surface area (Å²) >= 11 is 7.90. The third-order valence-corrected chi connectivity index (χ3v) is 14.2. The molecule has 51 heavy (non-hydrogen) atoms. The Bertz CT molecular complexity index is 2200. The number of aromatic hydroxyl groups is 1. The highest BCUT2D eigenvalue weighted by molar-refractivity contribution is 7.22.